The maximum Gasteiger partial charge on any atom is 0.227 e. The first-order valence-electron chi connectivity index (χ1n) is 4.14. The van der Waals surface area contributed by atoms with Crippen LogP contribution in [0.25, 0.3) is 0 Å². The first-order chi connectivity index (χ1) is 6.60. The number of piperazine rings is 1. The number of sulfonamides is 1. The van der Waals surface area contributed by atoms with Gasteiger partial charge in [-0.1, -0.05) is 0 Å². The summed E-state index contributed by atoms with van der Waals surface area (Å²) in [6.45, 7) is 1.35. The highest BCUT2D eigenvalue weighted by Gasteiger charge is 2.25. The summed E-state index contributed by atoms with van der Waals surface area (Å²) in [5.41, 5.74) is 0. The molecule has 1 aliphatic heterocycles. The highest BCUT2D eigenvalue weighted by molar-refractivity contribution is 7.89. The van der Waals surface area contributed by atoms with Crippen molar-refractivity contribution in [3.63, 3.8) is 0 Å². The number of hydrogen-bond donors (Lipinski definition) is 0. The summed E-state index contributed by atoms with van der Waals surface area (Å²) < 4.78 is 24.0. The minimum atomic E-state index is -3.44. The first kappa shape index (κ1) is 10.9. The molecule has 1 fully saturated rings. The number of nitriles is 1. The lowest BCUT2D eigenvalue weighted by Gasteiger charge is -2.30. The molecular formula is C7H11N3O3S. The third kappa shape index (κ3) is 2.43. The lowest BCUT2D eigenvalue weighted by molar-refractivity contribution is -0.119. The Morgan fingerprint density at radius 3 is 2.29 bits per heavy atom. The molecule has 0 spiro atoms. The molecule has 0 saturated carbocycles. The van der Waals surface area contributed by atoms with Gasteiger partial charge in [-0.3, -0.25) is 4.79 Å². The summed E-state index contributed by atoms with van der Waals surface area (Å²) in [6.07, 6.45) is 0.703. The smallest absolute Gasteiger partial charge is 0.227 e. The van der Waals surface area contributed by atoms with E-state index in [9.17, 15) is 13.2 Å². The molecule has 14 heavy (non-hydrogen) atoms. The second-order valence-electron chi connectivity index (χ2n) is 2.95. The van der Waals surface area contributed by atoms with E-state index in [1.807, 2.05) is 0 Å². The fraction of sp³-hybridized carbons (Fsp3) is 0.714. The summed E-state index contributed by atoms with van der Waals surface area (Å²) in [6, 6.07) is 1.62. The normalized spacial score (nSPS) is 18.9. The Morgan fingerprint density at radius 2 is 1.86 bits per heavy atom. The molecule has 0 unspecified atom stereocenters. The van der Waals surface area contributed by atoms with Crippen LogP contribution < -0.4 is 0 Å². The number of nitrogens with zero attached hydrogens (tertiary/aromatic N) is 3. The average Bonchev–Trinajstić information content (AvgIpc) is 2.18. The van der Waals surface area contributed by atoms with E-state index in [1.165, 1.54) is 9.21 Å². The van der Waals surface area contributed by atoms with E-state index in [0.29, 0.717) is 19.5 Å². The molecule has 1 rings (SSSR count). The van der Waals surface area contributed by atoms with Crippen LogP contribution in [-0.4, -0.2) is 56.0 Å². The number of hydrogen-bond acceptors (Lipinski definition) is 4. The van der Waals surface area contributed by atoms with Gasteiger partial charge in [0, 0.05) is 26.2 Å². The van der Waals surface area contributed by atoms with Crippen LogP contribution in [0.3, 0.4) is 0 Å². The maximum atomic E-state index is 11.4. The molecule has 0 aliphatic carbocycles. The molecule has 1 amide bonds. The van der Waals surface area contributed by atoms with Crippen molar-refractivity contribution in [2.75, 3.05) is 31.9 Å². The topological polar surface area (TPSA) is 81.5 Å². The lowest BCUT2D eigenvalue weighted by Crippen LogP contribution is -2.48. The summed E-state index contributed by atoms with van der Waals surface area (Å²) in [4.78, 5) is 11.9. The van der Waals surface area contributed by atoms with Crippen LogP contribution in [0, 0.1) is 11.3 Å². The van der Waals surface area contributed by atoms with Gasteiger partial charge in [-0.05, 0) is 0 Å². The summed E-state index contributed by atoms with van der Waals surface area (Å²) in [5, 5.41) is 8.31. The Balaban J connectivity index is 2.58. The Kier molecular flexibility index (Phi) is 3.43. The number of carbonyl (C=O) groups is 1. The van der Waals surface area contributed by atoms with Crippen LogP contribution >= 0.6 is 0 Å². The zero-order valence-electron chi connectivity index (χ0n) is 7.59. The van der Waals surface area contributed by atoms with E-state index < -0.39 is 15.8 Å². The quantitative estimate of drug-likeness (QED) is 0.545. The van der Waals surface area contributed by atoms with Crippen LogP contribution in [-0.2, 0) is 14.8 Å². The summed E-state index contributed by atoms with van der Waals surface area (Å²) in [5.74, 6) is -0.492. The van der Waals surface area contributed by atoms with Crippen molar-refractivity contribution >= 4 is 16.4 Å². The van der Waals surface area contributed by atoms with Crippen molar-refractivity contribution < 1.29 is 13.2 Å². The van der Waals surface area contributed by atoms with Crippen LogP contribution in [0.5, 0.6) is 0 Å². The van der Waals surface area contributed by atoms with Crippen molar-refractivity contribution in [3.8, 4) is 6.07 Å². The molecule has 0 bridgehead atoms. The van der Waals surface area contributed by atoms with Crippen molar-refractivity contribution in [2.45, 2.75) is 0 Å². The predicted octanol–water partition coefficient (Wildman–Crippen LogP) is -1.39. The third-order valence-corrected chi connectivity index (χ3v) is 3.71. The maximum absolute atomic E-state index is 11.4. The zero-order valence-corrected chi connectivity index (χ0v) is 8.40. The van der Waals surface area contributed by atoms with Crippen molar-refractivity contribution in [2.24, 2.45) is 0 Å². The van der Waals surface area contributed by atoms with E-state index >= 15 is 0 Å². The van der Waals surface area contributed by atoms with Crippen LogP contribution in [0.2, 0.25) is 0 Å². The minimum absolute atomic E-state index is 0.281. The zero-order chi connectivity index (χ0) is 10.6. The van der Waals surface area contributed by atoms with Crippen molar-refractivity contribution in [1.82, 2.24) is 9.21 Å². The van der Waals surface area contributed by atoms with Gasteiger partial charge in [0.1, 0.15) is 0 Å². The summed E-state index contributed by atoms with van der Waals surface area (Å²) in [7, 11) is -3.44. The van der Waals surface area contributed by atoms with Gasteiger partial charge in [0.05, 0.1) is 6.07 Å². The van der Waals surface area contributed by atoms with Crippen molar-refractivity contribution in [3.05, 3.63) is 0 Å². The van der Waals surface area contributed by atoms with Crippen LogP contribution in [0.15, 0.2) is 0 Å². The molecule has 1 saturated heterocycles. The standard InChI is InChI=1S/C7H11N3O3S/c8-1-6-14(12,13)10-4-2-9(7-11)3-5-10/h7H,2-6H2. The molecular weight excluding hydrogens is 206 g/mol. The van der Waals surface area contributed by atoms with Crippen molar-refractivity contribution in [1.29, 1.82) is 5.26 Å². The molecule has 6 nitrogen and oxygen atoms in total. The lowest BCUT2D eigenvalue weighted by atomic mass is 10.4. The summed E-state index contributed by atoms with van der Waals surface area (Å²) >= 11 is 0. The highest BCUT2D eigenvalue weighted by Crippen LogP contribution is 2.06. The minimum Gasteiger partial charge on any atom is -0.343 e. The second-order valence-corrected chi connectivity index (χ2v) is 4.92. The van der Waals surface area contributed by atoms with Gasteiger partial charge >= 0.3 is 0 Å². The average molecular weight is 217 g/mol. The fourth-order valence-electron chi connectivity index (χ4n) is 1.26. The first-order valence-corrected chi connectivity index (χ1v) is 5.75. The molecule has 1 aliphatic rings. The molecule has 0 atom stereocenters. The van der Waals surface area contributed by atoms with Gasteiger partial charge in [0.15, 0.2) is 5.75 Å². The third-order valence-electron chi connectivity index (χ3n) is 2.06. The predicted molar refractivity (Wildman–Crippen MR) is 48.6 cm³/mol. The largest absolute Gasteiger partial charge is 0.343 e. The molecule has 0 aromatic rings. The Morgan fingerprint density at radius 1 is 1.29 bits per heavy atom. The highest BCUT2D eigenvalue weighted by atomic mass is 32.2. The van der Waals surface area contributed by atoms with Gasteiger partial charge in [0.2, 0.25) is 16.4 Å². The monoisotopic (exact) mass is 217 g/mol. The van der Waals surface area contributed by atoms with Gasteiger partial charge < -0.3 is 4.90 Å². The molecule has 0 radical (unpaired) electrons. The van der Waals surface area contributed by atoms with E-state index in [-0.39, 0.29) is 13.1 Å². The molecule has 78 valence electrons. The Bertz CT molecular complexity index is 338. The van der Waals surface area contributed by atoms with E-state index in [0.717, 1.165) is 0 Å². The van der Waals surface area contributed by atoms with Crippen LogP contribution in [0.1, 0.15) is 0 Å². The Hall–Kier alpha value is -1.13. The molecule has 7 heteroatoms. The molecule has 1 heterocycles. The van der Waals surface area contributed by atoms with E-state index in [1.54, 1.807) is 6.07 Å². The molecule has 0 aromatic carbocycles. The van der Waals surface area contributed by atoms with E-state index in [4.69, 9.17) is 5.26 Å². The van der Waals surface area contributed by atoms with Gasteiger partial charge in [-0.15, -0.1) is 0 Å². The second kappa shape index (κ2) is 4.39. The van der Waals surface area contributed by atoms with E-state index in [2.05, 4.69) is 0 Å². The molecule has 0 N–H and O–H groups in total. The number of rotatable bonds is 3. The van der Waals surface area contributed by atoms with Gasteiger partial charge in [-0.25, -0.2) is 8.42 Å². The van der Waals surface area contributed by atoms with Gasteiger partial charge in [0.25, 0.3) is 0 Å². The molecule has 0 aromatic heterocycles. The number of carbonyl (C=O) groups excluding carboxylic acids is 1. The van der Waals surface area contributed by atoms with Gasteiger partial charge in [-0.2, -0.15) is 9.57 Å². The van der Waals surface area contributed by atoms with Crippen LogP contribution in [0.4, 0.5) is 0 Å². The number of amides is 1. The Labute approximate surface area is 82.8 Å². The fourth-order valence-corrected chi connectivity index (χ4v) is 2.33. The SMILES string of the molecule is N#CCS(=O)(=O)N1CCN(C=O)CC1.